The van der Waals surface area contributed by atoms with Crippen LogP contribution in [0.4, 0.5) is 30.6 Å². The smallest absolute Gasteiger partial charge is 0.411 e. The number of nitrogens with two attached hydrogens (primary N) is 1. The third kappa shape index (κ3) is 4.57. The highest BCUT2D eigenvalue weighted by molar-refractivity contribution is 5.90. The van der Waals surface area contributed by atoms with Crippen LogP contribution in [0, 0.1) is 11.6 Å². The molecule has 0 aliphatic carbocycles. The average Bonchev–Trinajstić information content (AvgIpc) is 2.51. The van der Waals surface area contributed by atoms with E-state index in [9.17, 15) is 13.6 Å². The molecule has 7 heteroatoms. The van der Waals surface area contributed by atoms with Gasteiger partial charge in [-0.3, -0.25) is 5.32 Å². The van der Waals surface area contributed by atoms with E-state index >= 15 is 0 Å². The van der Waals surface area contributed by atoms with Gasteiger partial charge in [-0.25, -0.2) is 13.6 Å². The van der Waals surface area contributed by atoms with Crippen molar-refractivity contribution >= 4 is 23.2 Å². The molecule has 0 saturated heterocycles. The third-order valence-corrected chi connectivity index (χ3v) is 3.03. The molecule has 2 aromatic carbocycles. The minimum atomic E-state index is -0.773. The molecule has 2 aromatic rings. The van der Waals surface area contributed by atoms with Crippen LogP contribution in [0.3, 0.4) is 0 Å². The van der Waals surface area contributed by atoms with Gasteiger partial charge in [0.2, 0.25) is 0 Å². The van der Waals surface area contributed by atoms with Gasteiger partial charge in [0.05, 0.1) is 12.3 Å². The lowest BCUT2D eigenvalue weighted by atomic mass is 10.2. The summed E-state index contributed by atoms with van der Waals surface area (Å²) in [6.07, 6.45) is -0.773. The molecule has 0 saturated carbocycles. The molecule has 0 radical (unpaired) electrons. The van der Waals surface area contributed by atoms with E-state index in [1.165, 1.54) is 24.3 Å². The average molecular weight is 321 g/mol. The Hall–Kier alpha value is -2.83. The van der Waals surface area contributed by atoms with Crippen LogP contribution in [0.25, 0.3) is 0 Å². The first-order valence-electron chi connectivity index (χ1n) is 7.00. The predicted octanol–water partition coefficient (Wildman–Crippen LogP) is 3.73. The number of halogens is 2. The van der Waals surface area contributed by atoms with E-state index in [0.717, 1.165) is 5.56 Å². The molecule has 0 bridgehead atoms. The van der Waals surface area contributed by atoms with Crippen LogP contribution in [0.1, 0.15) is 12.5 Å². The maximum absolute atomic E-state index is 14.1. The Labute approximate surface area is 132 Å². The highest BCUT2D eigenvalue weighted by Crippen LogP contribution is 2.27. The van der Waals surface area contributed by atoms with E-state index in [1.807, 2.05) is 0 Å². The largest absolute Gasteiger partial charge is 0.450 e. The maximum atomic E-state index is 14.1. The minimum absolute atomic E-state index is 0.0691. The SMILES string of the molecule is CCOC(=O)Nc1c(N)cc(NCc2ccc(F)cc2)cc1F. The first-order valence-corrected chi connectivity index (χ1v) is 7.00. The first-order chi connectivity index (χ1) is 11.0. The monoisotopic (exact) mass is 321 g/mol. The lowest BCUT2D eigenvalue weighted by molar-refractivity contribution is 0.168. The summed E-state index contributed by atoms with van der Waals surface area (Å²) in [5.74, 6) is -1.00. The van der Waals surface area contributed by atoms with Gasteiger partial charge in [-0.15, -0.1) is 0 Å². The summed E-state index contributed by atoms with van der Waals surface area (Å²) in [5.41, 5.74) is 6.97. The molecule has 0 atom stereocenters. The standard InChI is InChI=1S/C16H17F2N3O2/c1-2-23-16(22)21-15-13(18)7-12(8-14(15)19)20-9-10-3-5-11(17)6-4-10/h3-8,20H,2,9,19H2,1H3,(H,21,22). The Balaban J connectivity index is 2.06. The molecule has 0 aliphatic rings. The molecule has 0 fully saturated rings. The Morgan fingerprint density at radius 3 is 2.52 bits per heavy atom. The molecule has 5 nitrogen and oxygen atoms in total. The van der Waals surface area contributed by atoms with Crippen LogP contribution < -0.4 is 16.4 Å². The van der Waals surface area contributed by atoms with Gasteiger partial charge >= 0.3 is 6.09 Å². The van der Waals surface area contributed by atoms with Gasteiger partial charge in [-0.2, -0.15) is 0 Å². The second-order valence-corrected chi connectivity index (χ2v) is 4.75. The summed E-state index contributed by atoms with van der Waals surface area (Å²) < 4.78 is 31.6. The van der Waals surface area contributed by atoms with Gasteiger partial charge in [0.1, 0.15) is 11.5 Å². The van der Waals surface area contributed by atoms with E-state index in [0.29, 0.717) is 12.2 Å². The second-order valence-electron chi connectivity index (χ2n) is 4.75. The fourth-order valence-corrected chi connectivity index (χ4v) is 1.94. The van der Waals surface area contributed by atoms with Crippen molar-refractivity contribution in [2.24, 2.45) is 0 Å². The Kier molecular flexibility index (Phi) is 5.35. The van der Waals surface area contributed by atoms with Crippen LogP contribution >= 0.6 is 0 Å². The number of carbonyl (C=O) groups is 1. The second kappa shape index (κ2) is 7.44. The minimum Gasteiger partial charge on any atom is -0.450 e. The van der Waals surface area contributed by atoms with E-state index in [4.69, 9.17) is 5.73 Å². The summed E-state index contributed by atoms with van der Waals surface area (Å²) >= 11 is 0. The zero-order chi connectivity index (χ0) is 16.8. The van der Waals surface area contributed by atoms with E-state index in [1.54, 1.807) is 19.1 Å². The summed E-state index contributed by atoms with van der Waals surface area (Å²) in [5, 5.41) is 5.24. The van der Waals surface area contributed by atoms with E-state index in [2.05, 4.69) is 15.4 Å². The summed E-state index contributed by atoms with van der Waals surface area (Å²) in [7, 11) is 0. The fraction of sp³-hybridized carbons (Fsp3) is 0.188. The molecule has 4 N–H and O–H groups in total. The van der Waals surface area contributed by atoms with Gasteiger partial charge in [0.15, 0.2) is 5.82 Å². The Morgan fingerprint density at radius 2 is 1.91 bits per heavy atom. The van der Waals surface area contributed by atoms with Crippen molar-refractivity contribution in [2.45, 2.75) is 13.5 Å². The molecular formula is C16H17F2N3O2. The molecule has 2 rings (SSSR count). The first kappa shape index (κ1) is 16.5. The van der Waals surface area contributed by atoms with Gasteiger partial charge in [-0.05, 0) is 36.8 Å². The van der Waals surface area contributed by atoms with Crippen LogP contribution in [0.5, 0.6) is 0 Å². The van der Waals surface area contributed by atoms with Crippen molar-refractivity contribution in [2.75, 3.05) is 23.0 Å². The number of carbonyl (C=O) groups excluding carboxylic acids is 1. The molecular weight excluding hydrogens is 304 g/mol. The molecule has 0 aliphatic heterocycles. The van der Waals surface area contributed by atoms with Gasteiger partial charge in [-0.1, -0.05) is 12.1 Å². The number of anilines is 3. The van der Waals surface area contributed by atoms with Crippen LogP contribution in [-0.4, -0.2) is 12.7 Å². The Bertz CT molecular complexity index is 667. The van der Waals surface area contributed by atoms with Gasteiger partial charge in [0, 0.05) is 12.2 Å². The molecule has 122 valence electrons. The van der Waals surface area contributed by atoms with Crippen molar-refractivity contribution in [1.82, 2.24) is 0 Å². The zero-order valence-corrected chi connectivity index (χ0v) is 12.5. The van der Waals surface area contributed by atoms with Crippen molar-refractivity contribution in [3.8, 4) is 0 Å². The predicted molar refractivity (Wildman–Crippen MR) is 85.2 cm³/mol. The Morgan fingerprint density at radius 1 is 1.22 bits per heavy atom. The van der Waals surface area contributed by atoms with Crippen molar-refractivity contribution < 1.29 is 18.3 Å². The molecule has 1 amide bonds. The van der Waals surface area contributed by atoms with Crippen molar-refractivity contribution in [3.63, 3.8) is 0 Å². The summed E-state index contributed by atoms with van der Waals surface area (Å²) in [6.45, 7) is 2.19. The quantitative estimate of drug-likeness (QED) is 0.734. The normalized spacial score (nSPS) is 10.2. The highest BCUT2D eigenvalue weighted by atomic mass is 19.1. The maximum Gasteiger partial charge on any atom is 0.411 e. The van der Waals surface area contributed by atoms with Crippen LogP contribution in [0.2, 0.25) is 0 Å². The molecule has 0 heterocycles. The molecule has 0 unspecified atom stereocenters. The number of ether oxygens (including phenoxy) is 1. The van der Waals surface area contributed by atoms with Crippen LogP contribution in [0.15, 0.2) is 36.4 Å². The summed E-state index contributed by atoms with van der Waals surface area (Å²) in [6, 6.07) is 8.64. The summed E-state index contributed by atoms with van der Waals surface area (Å²) in [4.78, 5) is 11.3. The van der Waals surface area contributed by atoms with Gasteiger partial charge in [0.25, 0.3) is 0 Å². The lowest BCUT2D eigenvalue weighted by Crippen LogP contribution is -2.16. The number of hydrogen-bond donors (Lipinski definition) is 3. The number of nitrogens with one attached hydrogen (secondary N) is 2. The molecule has 0 aromatic heterocycles. The van der Waals surface area contributed by atoms with Crippen molar-refractivity contribution in [3.05, 3.63) is 53.6 Å². The van der Waals surface area contributed by atoms with Crippen molar-refractivity contribution in [1.29, 1.82) is 0 Å². The number of rotatable bonds is 5. The number of hydrogen-bond acceptors (Lipinski definition) is 4. The number of amides is 1. The fourth-order valence-electron chi connectivity index (χ4n) is 1.94. The lowest BCUT2D eigenvalue weighted by Gasteiger charge is -2.13. The van der Waals surface area contributed by atoms with Gasteiger partial charge < -0.3 is 15.8 Å². The van der Waals surface area contributed by atoms with E-state index < -0.39 is 11.9 Å². The topological polar surface area (TPSA) is 76.4 Å². The van der Waals surface area contributed by atoms with Crippen LogP contribution in [-0.2, 0) is 11.3 Å². The van der Waals surface area contributed by atoms with E-state index in [-0.39, 0.29) is 23.8 Å². The molecule has 23 heavy (non-hydrogen) atoms. The molecule has 0 spiro atoms. The number of nitrogen functional groups attached to an aromatic ring is 1. The zero-order valence-electron chi connectivity index (χ0n) is 12.5. The number of benzene rings is 2. The highest BCUT2D eigenvalue weighted by Gasteiger charge is 2.12. The third-order valence-electron chi connectivity index (χ3n) is 3.03.